The van der Waals surface area contributed by atoms with E-state index < -0.39 is 0 Å². The van der Waals surface area contributed by atoms with Gasteiger partial charge in [-0.1, -0.05) is 291 Å². The molecule has 9 aromatic heterocycles. The highest BCUT2D eigenvalue weighted by atomic mass is 15.0. The number of pyridine rings is 6. The molecule has 0 unspecified atom stereocenters. The van der Waals surface area contributed by atoms with Gasteiger partial charge in [-0.2, -0.15) is 0 Å². The molecule has 0 aliphatic carbocycles. The van der Waals surface area contributed by atoms with E-state index in [0.717, 1.165) is 155 Å². The second-order valence-electron chi connectivity index (χ2n) is 28.0. The first-order chi connectivity index (χ1) is 56.5. The Morgan fingerprint density at radius 2 is 0.544 bits per heavy atom. The summed E-state index contributed by atoms with van der Waals surface area (Å²) in [6, 6.07) is 112. The minimum atomic E-state index is 0.574. The molecule has 0 saturated carbocycles. The van der Waals surface area contributed by atoms with E-state index in [-0.39, 0.29) is 0 Å². The lowest BCUT2D eigenvalue weighted by molar-refractivity contribution is 1.07. The summed E-state index contributed by atoms with van der Waals surface area (Å²) in [6.45, 7) is 0. The van der Waals surface area contributed by atoms with E-state index in [0.29, 0.717) is 17.5 Å². The number of nitrogens with zero attached hydrogens (tertiary/aromatic N) is 13. The van der Waals surface area contributed by atoms with Crippen molar-refractivity contribution in [3.8, 4) is 91.0 Å². The Hall–Kier alpha value is -15.7. The van der Waals surface area contributed by atoms with Crippen LogP contribution < -0.4 is 0 Å². The minimum absolute atomic E-state index is 0.574. The molecule has 13 heteroatoms. The molecule has 0 radical (unpaired) electrons. The maximum Gasteiger partial charge on any atom is 0.166 e. The van der Waals surface area contributed by atoms with Crippen molar-refractivity contribution >= 4 is 130 Å². The van der Waals surface area contributed by atoms with Crippen molar-refractivity contribution in [3.63, 3.8) is 0 Å². The third-order valence-corrected chi connectivity index (χ3v) is 21.4. The van der Waals surface area contributed by atoms with Crippen molar-refractivity contribution in [1.82, 2.24) is 64.8 Å². The summed E-state index contributed by atoms with van der Waals surface area (Å²) >= 11 is 0. The van der Waals surface area contributed by atoms with Crippen LogP contribution in [0.25, 0.3) is 221 Å². The molecule has 114 heavy (non-hydrogen) atoms. The SMILES string of the molecule is c1ccc(-c2nc(-c3ccccc3)nc(-c3cnc(-c4nc5ccccc5c5c4ccc4ccccc45)c4ccccc34)n2)cc1.c1ccc2c(-c3cnc(-c4nc5ccccc5c5c4ccc4ccccc45)cn3)nccc2c1.c1ccc2c(c1)ccc1c(-c3cnc(-c4cccc5ncccc45)cn3)nc3ccccc3c12. The molecule has 0 N–H and O–H groups in total. The Bertz CT molecular complexity index is 7350. The summed E-state index contributed by atoms with van der Waals surface area (Å²) in [7, 11) is 0. The van der Waals surface area contributed by atoms with Gasteiger partial charge in [-0.3, -0.25) is 34.9 Å². The van der Waals surface area contributed by atoms with Crippen LogP contribution in [0.2, 0.25) is 0 Å². The Morgan fingerprint density at radius 3 is 1.05 bits per heavy atom. The first-order valence-corrected chi connectivity index (χ1v) is 37.7. The lowest BCUT2D eigenvalue weighted by Crippen LogP contribution is -2.01. The van der Waals surface area contributed by atoms with Crippen LogP contribution in [0.5, 0.6) is 0 Å². The van der Waals surface area contributed by atoms with E-state index in [4.69, 9.17) is 54.8 Å². The third-order valence-electron chi connectivity index (χ3n) is 21.4. The monoisotopic (exact) mass is 1460 g/mol. The zero-order valence-corrected chi connectivity index (χ0v) is 61.0. The quantitative estimate of drug-likeness (QED) is 0.132. The van der Waals surface area contributed by atoms with Crippen LogP contribution in [0.3, 0.4) is 0 Å². The summed E-state index contributed by atoms with van der Waals surface area (Å²) in [5.41, 5.74) is 14.8. The Balaban J connectivity index is 0.000000109. The first-order valence-electron chi connectivity index (χ1n) is 37.7. The molecule has 0 aliphatic heterocycles. The molecule has 23 aromatic rings. The topological polar surface area (TPSA) is 168 Å². The second-order valence-corrected chi connectivity index (χ2v) is 28.0. The van der Waals surface area contributed by atoms with Crippen LogP contribution in [0.4, 0.5) is 0 Å². The molecule has 0 spiro atoms. The third kappa shape index (κ3) is 11.9. The highest BCUT2D eigenvalue weighted by Gasteiger charge is 2.23. The molecule has 0 fully saturated rings. The number of hydrogen-bond donors (Lipinski definition) is 0. The molecule has 9 heterocycles. The van der Waals surface area contributed by atoms with Crippen LogP contribution in [0.15, 0.2) is 371 Å². The standard InChI is InChI=1S/C41H25N5.2C30H18N4/c1-3-14-27(15-4-1)39-44-40(28-16-5-2-6-17-28)46-41(45-39)34-25-42-37(31-20-10-9-19-30(31)34)38-33-24-23-26-13-7-8-18-29(26)36(33)32-21-11-12-22-35(32)43-38;1-3-9-21-19(7-1)13-14-24-28(21)23-11-5-6-12-25(23)34-30(24)27-18-32-26(17-33-27)29-22-10-4-2-8-20(22)15-16-31-29;1-2-8-20-19(7-1)14-15-24-29(20)23-9-3-4-12-26(23)34-30(24)28-18-32-27(17-33-28)22-10-5-13-25-21(22)11-6-16-31-25/h1-25H;2*1-18H. The van der Waals surface area contributed by atoms with Gasteiger partial charge in [-0.05, 0) is 79.5 Å². The molecule has 0 amide bonds. The van der Waals surface area contributed by atoms with Gasteiger partial charge in [0.2, 0.25) is 0 Å². The molecule has 0 bridgehead atoms. The van der Waals surface area contributed by atoms with Gasteiger partial charge < -0.3 is 0 Å². The van der Waals surface area contributed by atoms with E-state index in [1.807, 2.05) is 158 Å². The number of fused-ring (bicyclic) bond motifs is 18. The fourth-order valence-electron chi connectivity index (χ4n) is 16.0. The summed E-state index contributed by atoms with van der Waals surface area (Å²) in [6.07, 6.45) is 12.8. The van der Waals surface area contributed by atoms with Crippen molar-refractivity contribution in [2.75, 3.05) is 0 Å². The fraction of sp³-hybridized carbons (Fsp3) is 0. The second kappa shape index (κ2) is 28.4. The van der Waals surface area contributed by atoms with Gasteiger partial charge in [0.15, 0.2) is 17.5 Å². The summed E-state index contributed by atoms with van der Waals surface area (Å²) in [4.78, 5) is 63.5. The minimum Gasteiger partial charge on any atom is -0.256 e. The molecule has 530 valence electrons. The van der Waals surface area contributed by atoms with Crippen LogP contribution in [-0.2, 0) is 0 Å². The van der Waals surface area contributed by atoms with E-state index in [2.05, 4.69) is 210 Å². The number of benzene rings is 14. The average molecular weight is 1460 g/mol. The number of rotatable bonds is 8. The predicted octanol–water partition coefficient (Wildman–Crippen LogP) is 24.4. The van der Waals surface area contributed by atoms with Gasteiger partial charge in [0.25, 0.3) is 0 Å². The number of hydrogen-bond acceptors (Lipinski definition) is 13. The lowest BCUT2D eigenvalue weighted by atomic mass is 9.95. The smallest absolute Gasteiger partial charge is 0.166 e. The van der Waals surface area contributed by atoms with Crippen LogP contribution in [0, 0.1) is 0 Å². The largest absolute Gasteiger partial charge is 0.256 e. The first kappa shape index (κ1) is 66.5. The molecule has 13 nitrogen and oxygen atoms in total. The molecule has 14 aromatic carbocycles. The molecule has 0 saturated heterocycles. The Kier molecular flexibility index (Phi) is 16.5. The average Bonchev–Trinajstić information content (AvgIpc) is 0.744. The van der Waals surface area contributed by atoms with Gasteiger partial charge in [-0.25, -0.2) is 29.9 Å². The Morgan fingerprint density at radius 1 is 0.158 bits per heavy atom. The van der Waals surface area contributed by atoms with E-state index in [9.17, 15) is 0 Å². The van der Waals surface area contributed by atoms with E-state index in [1.165, 1.54) is 48.5 Å². The maximum atomic E-state index is 5.24. The highest BCUT2D eigenvalue weighted by Crippen LogP contribution is 2.43. The van der Waals surface area contributed by atoms with Crippen molar-refractivity contribution < 1.29 is 0 Å². The molecule has 0 aliphatic rings. The fourth-order valence-corrected chi connectivity index (χ4v) is 16.0. The van der Waals surface area contributed by atoms with Crippen molar-refractivity contribution in [3.05, 3.63) is 371 Å². The van der Waals surface area contributed by atoms with Crippen molar-refractivity contribution in [1.29, 1.82) is 0 Å². The summed E-state index contributed by atoms with van der Waals surface area (Å²) in [5.74, 6) is 1.81. The van der Waals surface area contributed by atoms with Gasteiger partial charge in [0, 0.05) is 105 Å². The van der Waals surface area contributed by atoms with Gasteiger partial charge in [0.05, 0.1) is 81.0 Å². The van der Waals surface area contributed by atoms with Crippen LogP contribution in [0.1, 0.15) is 0 Å². The van der Waals surface area contributed by atoms with E-state index in [1.54, 1.807) is 12.4 Å². The number of aromatic nitrogens is 13. The highest BCUT2D eigenvalue weighted by molar-refractivity contribution is 6.25. The maximum absolute atomic E-state index is 5.24. The lowest BCUT2D eigenvalue weighted by Gasteiger charge is -2.15. The summed E-state index contributed by atoms with van der Waals surface area (Å²) in [5, 5.41) is 22.7. The predicted molar refractivity (Wildman–Crippen MR) is 464 cm³/mol. The van der Waals surface area contributed by atoms with Gasteiger partial charge in [-0.15, -0.1) is 0 Å². The summed E-state index contributed by atoms with van der Waals surface area (Å²) < 4.78 is 0. The van der Waals surface area contributed by atoms with Crippen LogP contribution >= 0.6 is 0 Å². The molecular formula is C101H61N13. The molecule has 23 rings (SSSR count). The number of para-hydroxylation sites is 3. The van der Waals surface area contributed by atoms with Gasteiger partial charge >= 0.3 is 0 Å². The molecule has 0 atom stereocenters. The zero-order valence-electron chi connectivity index (χ0n) is 61.0. The van der Waals surface area contributed by atoms with Crippen molar-refractivity contribution in [2.45, 2.75) is 0 Å². The Labute approximate surface area is 652 Å². The zero-order chi connectivity index (χ0) is 75.4. The van der Waals surface area contributed by atoms with Crippen LogP contribution in [-0.4, -0.2) is 64.8 Å². The van der Waals surface area contributed by atoms with E-state index >= 15 is 0 Å². The molecular weight excluding hydrogens is 1400 g/mol. The van der Waals surface area contributed by atoms with Crippen molar-refractivity contribution in [2.24, 2.45) is 0 Å². The van der Waals surface area contributed by atoms with Gasteiger partial charge in [0.1, 0.15) is 17.1 Å². The normalized spacial score (nSPS) is 11.5.